The van der Waals surface area contributed by atoms with Crippen molar-refractivity contribution in [1.29, 1.82) is 0 Å². The van der Waals surface area contributed by atoms with Crippen LogP contribution in [-0.2, 0) is 19.0 Å². The van der Waals surface area contributed by atoms with Gasteiger partial charge in [0.25, 0.3) is 0 Å². The van der Waals surface area contributed by atoms with E-state index in [0.717, 1.165) is 0 Å². The SMILES string of the molecule is CCOC(=O)C1=C(COC(=O)c2[nH]c(C)c(C(=O)OC(C)C)c2C)NC(=O)NC1. The van der Waals surface area contributed by atoms with Gasteiger partial charge in [-0.25, -0.2) is 19.2 Å². The molecule has 0 radical (unpaired) electrons. The van der Waals surface area contributed by atoms with E-state index in [9.17, 15) is 19.2 Å². The highest BCUT2D eigenvalue weighted by Gasteiger charge is 2.27. The van der Waals surface area contributed by atoms with Gasteiger partial charge in [0.05, 0.1) is 36.1 Å². The van der Waals surface area contributed by atoms with Crippen LogP contribution in [0.25, 0.3) is 0 Å². The maximum atomic E-state index is 12.5. The maximum absolute atomic E-state index is 12.5. The van der Waals surface area contributed by atoms with Gasteiger partial charge in [-0.1, -0.05) is 0 Å². The van der Waals surface area contributed by atoms with Crippen LogP contribution < -0.4 is 10.6 Å². The number of nitrogens with one attached hydrogen (secondary N) is 3. The summed E-state index contributed by atoms with van der Waals surface area (Å²) in [6.45, 7) is 8.15. The highest BCUT2D eigenvalue weighted by Crippen LogP contribution is 2.21. The molecule has 3 N–H and O–H groups in total. The summed E-state index contributed by atoms with van der Waals surface area (Å²) in [6.07, 6.45) is -0.302. The minimum Gasteiger partial charge on any atom is -0.463 e. The first-order valence-electron chi connectivity index (χ1n) is 9.16. The van der Waals surface area contributed by atoms with Crippen LogP contribution in [0, 0.1) is 13.8 Å². The molecule has 2 amide bonds. The summed E-state index contributed by atoms with van der Waals surface area (Å²) < 4.78 is 15.4. The number of amides is 2. The summed E-state index contributed by atoms with van der Waals surface area (Å²) in [7, 11) is 0. The normalized spacial score (nSPS) is 13.7. The molecular weight excluding hydrogens is 382 g/mol. The Bertz CT molecular complexity index is 867. The molecule has 0 bridgehead atoms. The summed E-state index contributed by atoms with van der Waals surface area (Å²) >= 11 is 0. The number of aryl methyl sites for hydroxylation is 1. The number of hydrogen-bond donors (Lipinski definition) is 3. The van der Waals surface area contributed by atoms with Gasteiger partial charge in [-0.2, -0.15) is 0 Å². The minimum atomic E-state index is -0.738. The van der Waals surface area contributed by atoms with Crippen LogP contribution in [0.15, 0.2) is 11.3 Å². The molecule has 0 spiro atoms. The fourth-order valence-electron chi connectivity index (χ4n) is 2.81. The summed E-state index contributed by atoms with van der Waals surface area (Å²) in [4.78, 5) is 51.2. The third-order valence-electron chi connectivity index (χ3n) is 4.11. The molecule has 10 heteroatoms. The van der Waals surface area contributed by atoms with E-state index in [4.69, 9.17) is 14.2 Å². The molecule has 158 valence electrons. The van der Waals surface area contributed by atoms with E-state index in [0.29, 0.717) is 11.3 Å². The van der Waals surface area contributed by atoms with Crippen molar-refractivity contribution in [3.8, 4) is 0 Å². The fourth-order valence-corrected chi connectivity index (χ4v) is 2.81. The first-order chi connectivity index (χ1) is 13.6. The van der Waals surface area contributed by atoms with E-state index in [2.05, 4.69) is 15.6 Å². The number of carbonyl (C=O) groups is 4. The first-order valence-corrected chi connectivity index (χ1v) is 9.16. The molecule has 0 saturated carbocycles. The molecule has 0 aromatic carbocycles. The molecule has 2 rings (SSSR count). The second kappa shape index (κ2) is 9.26. The molecule has 1 aromatic heterocycles. The van der Waals surface area contributed by atoms with Gasteiger partial charge in [-0.15, -0.1) is 0 Å². The van der Waals surface area contributed by atoms with Gasteiger partial charge in [0.1, 0.15) is 12.3 Å². The van der Waals surface area contributed by atoms with E-state index < -0.39 is 23.9 Å². The summed E-state index contributed by atoms with van der Waals surface area (Å²) in [5, 5.41) is 4.91. The van der Waals surface area contributed by atoms with E-state index in [1.165, 1.54) is 0 Å². The molecule has 0 saturated heterocycles. The predicted molar refractivity (Wildman–Crippen MR) is 101 cm³/mol. The van der Waals surface area contributed by atoms with Crippen molar-refractivity contribution >= 4 is 23.9 Å². The van der Waals surface area contributed by atoms with Crippen LogP contribution in [0.3, 0.4) is 0 Å². The number of aromatic nitrogens is 1. The maximum Gasteiger partial charge on any atom is 0.355 e. The zero-order chi connectivity index (χ0) is 21.7. The smallest absolute Gasteiger partial charge is 0.355 e. The Hall–Kier alpha value is -3.30. The number of urea groups is 1. The average molecular weight is 407 g/mol. The van der Waals surface area contributed by atoms with E-state index in [1.54, 1.807) is 34.6 Å². The molecule has 0 fully saturated rings. The molecule has 0 atom stereocenters. The molecule has 1 aliphatic heterocycles. The second-order valence-electron chi connectivity index (χ2n) is 6.64. The lowest BCUT2D eigenvalue weighted by Gasteiger charge is -2.21. The molecule has 10 nitrogen and oxygen atoms in total. The van der Waals surface area contributed by atoms with E-state index in [1.807, 2.05) is 0 Å². The zero-order valence-corrected chi connectivity index (χ0v) is 17.1. The minimum absolute atomic E-state index is 0.0383. The van der Waals surface area contributed by atoms with Gasteiger partial charge in [0, 0.05) is 5.69 Å². The molecule has 0 unspecified atom stereocenters. The number of rotatable bonds is 7. The second-order valence-corrected chi connectivity index (χ2v) is 6.64. The lowest BCUT2D eigenvalue weighted by molar-refractivity contribution is -0.138. The average Bonchev–Trinajstić information content (AvgIpc) is 2.93. The number of H-pyrrole nitrogens is 1. The van der Waals surface area contributed by atoms with Gasteiger partial charge in [-0.3, -0.25) is 0 Å². The monoisotopic (exact) mass is 407 g/mol. The number of esters is 3. The number of aromatic amines is 1. The topological polar surface area (TPSA) is 136 Å². The molecule has 1 aromatic rings. The van der Waals surface area contributed by atoms with Crippen LogP contribution in [0.1, 0.15) is 52.9 Å². The Morgan fingerprint density at radius 3 is 2.38 bits per heavy atom. The highest BCUT2D eigenvalue weighted by molar-refractivity contribution is 5.99. The molecule has 2 heterocycles. The molecule has 29 heavy (non-hydrogen) atoms. The van der Waals surface area contributed by atoms with Crippen molar-refractivity contribution < 1.29 is 33.4 Å². The Kier molecular flexibility index (Phi) is 7.03. The first kappa shape index (κ1) is 22.0. The van der Waals surface area contributed by atoms with Crippen molar-refractivity contribution in [2.45, 2.75) is 40.7 Å². The summed E-state index contributed by atoms with van der Waals surface area (Å²) in [5.74, 6) is -1.89. The Balaban J connectivity index is 2.18. The zero-order valence-electron chi connectivity index (χ0n) is 17.1. The van der Waals surface area contributed by atoms with Crippen molar-refractivity contribution in [3.05, 3.63) is 33.8 Å². The number of carbonyl (C=O) groups excluding carboxylic acids is 4. The predicted octanol–water partition coefficient (Wildman–Crippen LogP) is 1.48. The standard InChI is InChI=1S/C19H25N3O7/c1-6-27-16(23)12-7-20-19(26)22-13(12)8-28-18(25)15-10(4)14(11(5)21-15)17(24)29-9(2)3/h9,21H,6-8H2,1-5H3,(H2,20,22,26). The number of hydrogen-bond acceptors (Lipinski definition) is 7. The third-order valence-corrected chi connectivity index (χ3v) is 4.11. The van der Waals surface area contributed by atoms with Crippen LogP contribution in [0.2, 0.25) is 0 Å². The fraction of sp³-hybridized carbons (Fsp3) is 0.474. The van der Waals surface area contributed by atoms with E-state index in [-0.39, 0.29) is 48.4 Å². The Labute approximate surface area is 168 Å². The van der Waals surface area contributed by atoms with Crippen molar-refractivity contribution in [2.24, 2.45) is 0 Å². The van der Waals surface area contributed by atoms with Crippen molar-refractivity contribution in [2.75, 3.05) is 19.8 Å². The van der Waals surface area contributed by atoms with Gasteiger partial charge >= 0.3 is 23.9 Å². The number of ether oxygens (including phenoxy) is 3. The van der Waals surface area contributed by atoms with Crippen LogP contribution in [0.5, 0.6) is 0 Å². The van der Waals surface area contributed by atoms with Crippen LogP contribution in [-0.4, -0.2) is 54.8 Å². The molecule has 0 aliphatic carbocycles. The lowest BCUT2D eigenvalue weighted by atomic mass is 10.1. The van der Waals surface area contributed by atoms with Crippen LogP contribution >= 0.6 is 0 Å². The van der Waals surface area contributed by atoms with Crippen molar-refractivity contribution in [1.82, 2.24) is 15.6 Å². The van der Waals surface area contributed by atoms with Gasteiger partial charge in [0.2, 0.25) is 0 Å². The lowest BCUT2D eigenvalue weighted by Crippen LogP contribution is -2.45. The van der Waals surface area contributed by atoms with Crippen LogP contribution in [0.4, 0.5) is 4.79 Å². The Morgan fingerprint density at radius 1 is 1.07 bits per heavy atom. The summed E-state index contributed by atoms with van der Waals surface area (Å²) in [6, 6.07) is -0.519. The largest absolute Gasteiger partial charge is 0.463 e. The van der Waals surface area contributed by atoms with E-state index >= 15 is 0 Å². The van der Waals surface area contributed by atoms with Gasteiger partial charge in [0.15, 0.2) is 0 Å². The molecule has 1 aliphatic rings. The van der Waals surface area contributed by atoms with Crippen molar-refractivity contribution in [3.63, 3.8) is 0 Å². The summed E-state index contributed by atoms with van der Waals surface area (Å²) in [5.41, 5.74) is 1.54. The van der Waals surface area contributed by atoms with Gasteiger partial charge in [-0.05, 0) is 40.2 Å². The highest BCUT2D eigenvalue weighted by atomic mass is 16.5. The third kappa shape index (κ3) is 5.15. The Morgan fingerprint density at radius 2 is 1.76 bits per heavy atom. The molecular formula is C19H25N3O7. The quantitative estimate of drug-likeness (QED) is 0.460. The van der Waals surface area contributed by atoms with Gasteiger partial charge < -0.3 is 29.8 Å².